The number of rotatable bonds is 5. The van der Waals surface area contributed by atoms with Crippen molar-refractivity contribution >= 4 is 24.2 Å². The first-order valence-electron chi connectivity index (χ1n) is 8.71. The third kappa shape index (κ3) is 4.95. The molecular weight excluding hydrogens is 312 g/mol. The highest BCUT2D eigenvalue weighted by molar-refractivity contribution is 5.85. The molecule has 0 aromatic carbocycles. The summed E-state index contributed by atoms with van der Waals surface area (Å²) in [5.74, 6) is 2.64. The van der Waals surface area contributed by atoms with Gasteiger partial charge >= 0.3 is 0 Å². The minimum Gasteiger partial charge on any atom is -0.383 e. The number of nitrogen functional groups attached to an aromatic ring is 2. The molecule has 0 saturated heterocycles. The lowest BCUT2D eigenvalue weighted by molar-refractivity contribution is -0.0135. The minimum absolute atomic E-state index is 0. The number of nitrogens with two attached hydrogens (primary N) is 2. The van der Waals surface area contributed by atoms with Gasteiger partial charge in [-0.3, -0.25) is 0 Å². The molecule has 5 nitrogen and oxygen atoms in total. The van der Waals surface area contributed by atoms with Crippen molar-refractivity contribution in [2.45, 2.75) is 63.9 Å². The van der Waals surface area contributed by atoms with E-state index >= 15 is 0 Å². The molecular formula is C17H29ClN4O. The second-order valence-corrected chi connectivity index (χ2v) is 6.85. The zero-order valence-electron chi connectivity index (χ0n) is 13.7. The standard InChI is InChI=1S/C17H28N4O.ClH/c18-16-14(11-20-17(19)21-16)6-3-9-22-15-8-7-12-4-1-2-5-13(12)10-15;/h11-13,15H,1-10H2,(H4,18,19,20,21);1H. The molecule has 1 aromatic heterocycles. The van der Waals surface area contributed by atoms with Gasteiger partial charge in [-0.15, -0.1) is 12.4 Å². The molecule has 2 fully saturated rings. The number of hydrogen-bond acceptors (Lipinski definition) is 5. The molecule has 2 aliphatic rings. The van der Waals surface area contributed by atoms with E-state index in [1.165, 1.54) is 44.9 Å². The van der Waals surface area contributed by atoms with Crippen LogP contribution in [0.5, 0.6) is 0 Å². The number of fused-ring (bicyclic) bond motifs is 1. The van der Waals surface area contributed by atoms with Crippen molar-refractivity contribution in [2.75, 3.05) is 18.1 Å². The number of hydrogen-bond donors (Lipinski definition) is 2. The Labute approximate surface area is 145 Å². The Kier molecular flexibility index (Phi) is 6.90. The Hall–Kier alpha value is -1.07. The summed E-state index contributed by atoms with van der Waals surface area (Å²) in [5, 5.41) is 0. The lowest BCUT2D eigenvalue weighted by Crippen LogP contribution is -2.32. The normalized spacial score (nSPS) is 27.0. The summed E-state index contributed by atoms with van der Waals surface area (Å²) in [7, 11) is 0. The van der Waals surface area contributed by atoms with Gasteiger partial charge in [0.25, 0.3) is 0 Å². The highest BCUT2D eigenvalue weighted by Crippen LogP contribution is 2.41. The molecule has 2 saturated carbocycles. The third-order valence-electron chi connectivity index (χ3n) is 5.35. The van der Waals surface area contributed by atoms with Gasteiger partial charge in [0.05, 0.1) is 6.10 Å². The van der Waals surface area contributed by atoms with Crippen LogP contribution in [0.15, 0.2) is 6.20 Å². The van der Waals surface area contributed by atoms with Crippen molar-refractivity contribution in [1.82, 2.24) is 9.97 Å². The fraction of sp³-hybridized carbons (Fsp3) is 0.765. The van der Waals surface area contributed by atoms with Gasteiger partial charge in [0.2, 0.25) is 5.95 Å². The Bertz CT molecular complexity index is 499. The highest BCUT2D eigenvalue weighted by Gasteiger charge is 2.32. The first-order chi connectivity index (χ1) is 10.7. The van der Waals surface area contributed by atoms with Gasteiger partial charge in [-0.2, -0.15) is 4.98 Å². The number of nitrogens with zero attached hydrogens (tertiary/aromatic N) is 2. The first kappa shape index (κ1) is 18.3. The maximum atomic E-state index is 6.11. The number of anilines is 2. The molecule has 2 aliphatic carbocycles. The topological polar surface area (TPSA) is 87.0 Å². The van der Waals surface area contributed by atoms with Crippen LogP contribution in [-0.2, 0) is 11.2 Å². The lowest BCUT2D eigenvalue weighted by Gasteiger charge is -2.39. The van der Waals surface area contributed by atoms with Gasteiger partial charge in [0.1, 0.15) is 5.82 Å². The average molecular weight is 341 g/mol. The van der Waals surface area contributed by atoms with Gasteiger partial charge in [0.15, 0.2) is 0 Å². The second kappa shape index (κ2) is 8.69. The molecule has 4 N–H and O–H groups in total. The summed E-state index contributed by atoms with van der Waals surface area (Å²) in [6.45, 7) is 0.797. The Morgan fingerprint density at radius 1 is 1.09 bits per heavy atom. The average Bonchev–Trinajstić information content (AvgIpc) is 2.53. The van der Waals surface area contributed by atoms with E-state index in [4.69, 9.17) is 16.2 Å². The van der Waals surface area contributed by atoms with Crippen LogP contribution < -0.4 is 11.5 Å². The van der Waals surface area contributed by atoms with Crippen molar-refractivity contribution in [3.8, 4) is 0 Å². The molecule has 0 amide bonds. The molecule has 0 spiro atoms. The van der Waals surface area contributed by atoms with Gasteiger partial charge in [0, 0.05) is 18.4 Å². The van der Waals surface area contributed by atoms with E-state index < -0.39 is 0 Å². The molecule has 0 aliphatic heterocycles. The molecule has 3 unspecified atom stereocenters. The zero-order valence-corrected chi connectivity index (χ0v) is 14.6. The third-order valence-corrected chi connectivity index (χ3v) is 5.35. The minimum atomic E-state index is 0. The number of aromatic nitrogens is 2. The molecule has 0 bridgehead atoms. The van der Waals surface area contributed by atoms with Crippen LogP contribution in [0.25, 0.3) is 0 Å². The molecule has 23 heavy (non-hydrogen) atoms. The van der Waals surface area contributed by atoms with Gasteiger partial charge in [-0.05, 0) is 43.9 Å². The van der Waals surface area contributed by atoms with E-state index in [1.807, 2.05) is 0 Å². The summed E-state index contributed by atoms with van der Waals surface area (Å²) in [4.78, 5) is 7.99. The zero-order chi connectivity index (χ0) is 15.4. The lowest BCUT2D eigenvalue weighted by atomic mass is 9.70. The summed E-state index contributed by atoms with van der Waals surface area (Å²) in [5.41, 5.74) is 12.3. The van der Waals surface area contributed by atoms with Crippen LogP contribution in [0.4, 0.5) is 11.8 Å². The van der Waals surface area contributed by atoms with E-state index in [0.29, 0.717) is 11.9 Å². The number of ether oxygens (including phenoxy) is 1. The maximum absolute atomic E-state index is 6.11. The Morgan fingerprint density at radius 2 is 1.87 bits per heavy atom. The highest BCUT2D eigenvalue weighted by atomic mass is 35.5. The van der Waals surface area contributed by atoms with Crippen molar-refractivity contribution in [3.05, 3.63) is 11.8 Å². The van der Waals surface area contributed by atoms with Gasteiger partial charge in [-0.1, -0.05) is 25.7 Å². The SMILES string of the molecule is Cl.Nc1ncc(CCCOC2CCC3CCCCC3C2)c(N)n1. The molecule has 1 heterocycles. The maximum Gasteiger partial charge on any atom is 0.221 e. The van der Waals surface area contributed by atoms with Crippen LogP contribution in [0.3, 0.4) is 0 Å². The van der Waals surface area contributed by atoms with Crippen LogP contribution in [-0.4, -0.2) is 22.7 Å². The van der Waals surface area contributed by atoms with Crippen molar-refractivity contribution in [3.63, 3.8) is 0 Å². The van der Waals surface area contributed by atoms with Crippen molar-refractivity contribution in [1.29, 1.82) is 0 Å². The largest absolute Gasteiger partial charge is 0.383 e. The van der Waals surface area contributed by atoms with Crippen LogP contribution in [0.2, 0.25) is 0 Å². The molecule has 130 valence electrons. The van der Waals surface area contributed by atoms with E-state index in [1.54, 1.807) is 6.20 Å². The van der Waals surface area contributed by atoms with Gasteiger partial charge < -0.3 is 16.2 Å². The summed E-state index contributed by atoms with van der Waals surface area (Å²) in [6, 6.07) is 0. The fourth-order valence-corrected chi connectivity index (χ4v) is 4.12. The molecule has 3 rings (SSSR count). The van der Waals surface area contributed by atoms with E-state index in [2.05, 4.69) is 9.97 Å². The Morgan fingerprint density at radius 3 is 2.65 bits per heavy atom. The molecule has 3 atom stereocenters. The monoisotopic (exact) mass is 340 g/mol. The van der Waals surface area contributed by atoms with Crippen molar-refractivity contribution in [2.24, 2.45) is 11.8 Å². The first-order valence-corrected chi connectivity index (χ1v) is 8.71. The van der Waals surface area contributed by atoms with Gasteiger partial charge in [-0.25, -0.2) is 4.98 Å². The number of aryl methyl sites for hydroxylation is 1. The second-order valence-electron chi connectivity index (χ2n) is 6.85. The predicted molar refractivity (Wildman–Crippen MR) is 95.5 cm³/mol. The molecule has 6 heteroatoms. The number of halogens is 1. The van der Waals surface area contributed by atoms with Crippen LogP contribution in [0.1, 0.15) is 56.9 Å². The van der Waals surface area contributed by atoms with E-state index in [9.17, 15) is 0 Å². The van der Waals surface area contributed by atoms with E-state index in [0.717, 1.165) is 36.8 Å². The predicted octanol–water partition coefficient (Wildman–Crippen LogP) is 3.37. The quantitative estimate of drug-likeness (QED) is 0.802. The summed E-state index contributed by atoms with van der Waals surface area (Å²) in [6.07, 6.45) is 13.6. The summed E-state index contributed by atoms with van der Waals surface area (Å²) < 4.78 is 6.11. The van der Waals surface area contributed by atoms with Crippen molar-refractivity contribution < 1.29 is 4.74 Å². The molecule has 0 radical (unpaired) electrons. The van der Waals surface area contributed by atoms with Crippen LogP contribution >= 0.6 is 12.4 Å². The Balaban J connectivity index is 0.00000192. The van der Waals surface area contributed by atoms with Crippen LogP contribution in [0, 0.1) is 11.8 Å². The fourth-order valence-electron chi connectivity index (χ4n) is 4.12. The summed E-state index contributed by atoms with van der Waals surface area (Å²) >= 11 is 0. The molecule has 1 aromatic rings. The smallest absolute Gasteiger partial charge is 0.221 e. The van der Waals surface area contributed by atoms with E-state index in [-0.39, 0.29) is 18.4 Å².